The highest BCUT2D eigenvalue weighted by Crippen LogP contribution is 2.23. The van der Waals surface area contributed by atoms with Crippen LogP contribution >= 0.6 is 0 Å². The van der Waals surface area contributed by atoms with Crippen LogP contribution in [-0.2, 0) is 0 Å². The standard InChI is InChI=1S/C19H17N3/c1-14-5-3-4-6-18(14)22-15(2)17-9-12-21-19(13-17)16-7-10-20-11-8-16/h3-13,22H,2H2,1H3. The molecule has 0 aliphatic carbocycles. The van der Waals surface area contributed by atoms with Gasteiger partial charge in [-0.15, -0.1) is 0 Å². The van der Waals surface area contributed by atoms with Crippen LogP contribution in [0, 0.1) is 6.92 Å². The monoisotopic (exact) mass is 287 g/mol. The number of nitrogens with zero attached hydrogens (tertiary/aromatic N) is 2. The number of aromatic nitrogens is 2. The molecule has 1 aromatic carbocycles. The molecule has 0 atom stereocenters. The molecule has 3 nitrogen and oxygen atoms in total. The largest absolute Gasteiger partial charge is 0.355 e. The zero-order valence-electron chi connectivity index (χ0n) is 12.5. The van der Waals surface area contributed by atoms with E-state index < -0.39 is 0 Å². The van der Waals surface area contributed by atoms with Crippen LogP contribution in [0.2, 0.25) is 0 Å². The number of benzene rings is 1. The van der Waals surface area contributed by atoms with Crippen molar-refractivity contribution in [3.05, 3.63) is 84.8 Å². The van der Waals surface area contributed by atoms with Crippen LogP contribution in [0.15, 0.2) is 73.7 Å². The molecule has 0 aliphatic heterocycles. The number of hydrogen-bond donors (Lipinski definition) is 1. The van der Waals surface area contributed by atoms with Crippen LogP contribution in [-0.4, -0.2) is 9.97 Å². The fourth-order valence-corrected chi connectivity index (χ4v) is 2.25. The molecule has 0 saturated heterocycles. The van der Waals surface area contributed by atoms with Crippen molar-refractivity contribution in [1.82, 2.24) is 9.97 Å². The summed E-state index contributed by atoms with van der Waals surface area (Å²) in [5, 5.41) is 3.37. The first-order valence-corrected chi connectivity index (χ1v) is 7.12. The maximum absolute atomic E-state index is 4.42. The van der Waals surface area contributed by atoms with Gasteiger partial charge in [0.2, 0.25) is 0 Å². The normalized spacial score (nSPS) is 10.2. The van der Waals surface area contributed by atoms with Gasteiger partial charge in [-0.25, -0.2) is 0 Å². The van der Waals surface area contributed by atoms with E-state index in [1.165, 1.54) is 5.56 Å². The van der Waals surface area contributed by atoms with Gasteiger partial charge >= 0.3 is 0 Å². The minimum absolute atomic E-state index is 0.854. The second-order valence-electron chi connectivity index (χ2n) is 5.08. The average molecular weight is 287 g/mol. The van der Waals surface area contributed by atoms with E-state index in [1.807, 2.05) is 42.5 Å². The lowest BCUT2D eigenvalue weighted by molar-refractivity contribution is 1.28. The summed E-state index contributed by atoms with van der Waals surface area (Å²) >= 11 is 0. The lowest BCUT2D eigenvalue weighted by Gasteiger charge is -2.13. The van der Waals surface area contributed by atoms with Gasteiger partial charge in [-0.3, -0.25) is 9.97 Å². The Bertz CT molecular complexity index is 795. The topological polar surface area (TPSA) is 37.8 Å². The average Bonchev–Trinajstić information content (AvgIpc) is 2.58. The SMILES string of the molecule is C=C(Nc1ccccc1C)c1ccnc(-c2ccncc2)c1. The highest BCUT2D eigenvalue weighted by molar-refractivity contribution is 5.78. The molecular formula is C19H17N3. The quantitative estimate of drug-likeness (QED) is 0.765. The molecule has 3 aromatic rings. The van der Waals surface area contributed by atoms with Crippen molar-refractivity contribution < 1.29 is 0 Å². The Hall–Kier alpha value is -2.94. The third-order valence-corrected chi connectivity index (χ3v) is 3.52. The Labute approximate surface area is 130 Å². The number of rotatable bonds is 4. The molecule has 108 valence electrons. The molecular weight excluding hydrogens is 270 g/mol. The summed E-state index contributed by atoms with van der Waals surface area (Å²) < 4.78 is 0. The zero-order valence-corrected chi connectivity index (χ0v) is 12.5. The summed E-state index contributed by atoms with van der Waals surface area (Å²) in [6, 6.07) is 16.0. The lowest BCUT2D eigenvalue weighted by atomic mass is 10.1. The van der Waals surface area contributed by atoms with E-state index in [0.29, 0.717) is 0 Å². The second-order valence-corrected chi connectivity index (χ2v) is 5.08. The summed E-state index contributed by atoms with van der Waals surface area (Å²) in [7, 11) is 0. The molecule has 2 aromatic heterocycles. The van der Waals surface area contributed by atoms with E-state index in [1.54, 1.807) is 18.6 Å². The van der Waals surface area contributed by atoms with E-state index >= 15 is 0 Å². The van der Waals surface area contributed by atoms with Crippen LogP contribution in [0.3, 0.4) is 0 Å². The highest BCUT2D eigenvalue weighted by Gasteiger charge is 2.05. The predicted molar refractivity (Wildman–Crippen MR) is 91.3 cm³/mol. The molecule has 2 heterocycles. The van der Waals surface area contributed by atoms with E-state index in [-0.39, 0.29) is 0 Å². The molecule has 1 N–H and O–H groups in total. The summed E-state index contributed by atoms with van der Waals surface area (Å²) in [6.07, 6.45) is 5.34. The summed E-state index contributed by atoms with van der Waals surface area (Å²) in [6.45, 7) is 6.22. The van der Waals surface area contributed by atoms with Crippen molar-refractivity contribution in [3.8, 4) is 11.3 Å². The minimum atomic E-state index is 0.854. The summed E-state index contributed by atoms with van der Waals surface area (Å²) in [5.74, 6) is 0. The maximum Gasteiger partial charge on any atom is 0.0709 e. The van der Waals surface area contributed by atoms with Gasteiger partial charge in [-0.05, 0) is 42.8 Å². The Morgan fingerprint density at radius 2 is 1.77 bits per heavy atom. The zero-order chi connectivity index (χ0) is 15.4. The molecule has 22 heavy (non-hydrogen) atoms. The summed E-state index contributed by atoms with van der Waals surface area (Å²) in [5.41, 5.74) is 6.08. The molecule has 0 amide bonds. The highest BCUT2D eigenvalue weighted by atomic mass is 14.9. The molecule has 0 spiro atoms. The third-order valence-electron chi connectivity index (χ3n) is 3.52. The Morgan fingerprint density at radius 1 is 1.00 bits per heavy atom. The Kier molecular flexibility index (Phi) is 3.97. The predicted octanol–water partition coefficient (Wildman–Crippen LogP) is 4.53. The molecule has 0 radical (unpaired) electrons. The van der Waals surface area contributed by atoms with Gasteiger partial charge < -0.3 is 5.32 Å². The molecule has 3 heteroatoms. The van der Waals surface area contributed by atoms with Gasteiger partial charge in [-0.2, -0.15) is 0 Å². The van der Waals surface area contributed by atoms with Crippen molar-refractivity contribution in [1.29, 1.82) is 0 Å². The number of nitrogens with one attached hydrogen (secondary N) is 1. The number of para-hydroxylation sites is 1. The van der Waals surface area contributed by atoms with Gasteiger partial charge in [0, 0.05) is 41.1 Å². The van der Waals surface area contributed by atoms with Gasteiger partial charge in [-0.1, -0.05) is 24.8 Å². The fourth-order valence-electron chi connectivity index (χ4n) is 2.25. The minimum Gasteiger partial charge on any atom is -0.355 e. The van der Waals surface area contributed by atoms with Crippen LogP contribution in [0.5, 0.6) is 0 Å². The molecule has 0 bridgehead atoms. The van der Waals surface area contributed by atoms with Crippen molar-refractivity contribution in [2.75, 3.05) is 5.32 Å². The molecule has 0 fully saturated rings. The first-order chi connectivity index (χ1) is 10.7. The number of hydrogen-bond acceptors (Lipinski definition) is 3. The van der Waals surface area contributed by atoms with E-state index in [0.717, 1.165) is 28.2 Å². The van der Waals surface area contributed by atoms with Crippen LogP contribution < -0.4 is 5.32 Å². The van der Waals surface area contributed by atoms with E-state index in [2.05, 4.69) is 34.9 Å². The number of pyridine rings is 2. The fraction of sp³-hybridized carbons (Fsp3) is 0.0526. The smallest absolute Gasteiger partial charge is 0.0709 e. The molecule has 0 saturated carbocycles. The number of aryl methyl sites for hydroxylation is 1. The van der Waals surface area contributed by atoms with Crippen molar-refractivity contribution in [3.63, 3.8) is 0 Å². The van der Waals surface area contributed by atoms with Gasteiger partial charge in [0.1, 0.15) is 0 Å². The first kappa shape index (κ1) is 14.0. The van der Waals surface area contributed by atoms with Gasteiger partial charge in [0.25, 0.3) is 0 Å². The third kappa shape index (κ3) is 3.04. The summed E-state index contributed by atoms with van der Waals surface area (Å²) in [4.78, 5) is 8.46. The first-order valence-electron chi connectivity index (χ1n) is 7.12. The second kappa shape index (κ2) is 6.22. The van der Waals surface area contributed by atoms with Crippen LogP contribution in [0.1, 0.15) is 11.1 Å². The Balaban J connectivity index is 1.86. The van der Waals surface area contributed by atoms with Crippen molar-refractivity contribution in [2.45, 2.75) is 6.92 Å². The number of anilines is 1. The van der Waals surface area contributed by atoms with Crippen molar-refractivity contribution in [2.24, 2.45) is 0 Å². The Morgan fingerprint density at radius 3 is 2.55 bits per heavy atom. The van der Waals surface area contributed by atoms with Crippen LogP contribution in [0.25, 0.3) is 17.0 Å². The molecule has 0 unspecified atom stereocenters. The van der Waals surface area contributed by atoms with Crippen LogP contribution in [0.4, 0.5) is 5.69 Å². The maximum atomic E-state index is 4.42. The van der Waals surface area contributed by atoms with E-state index in [4.69, 9.17) is 0 Å². The lowest BCUT2D eigenvalue weighted by Crippen LogP contribution is -1.99. The van der Waals surface area contributed by atoms with Gasteiger partial charge in [0.15, 0.2) is 0 Å². The van der Waals surface area contributed by atoms with Crippen molar-refractivity contribution >= 4 is 11.4 Å². The van der Waals surface area contributed by atoms with Gasteiger partial charge in [0.05, 0.1) is 5.69 Å². The molecule has 3 rings (SSSR count). The molecule has 0 aliphatic rings. The van der Waals surface area contributed by atoms with E-state index in [9.17, 15) is 0 Å².